The van der Waals surface area contributed by atoms with Gasteiger partial charge in [0.1, 0.15) is 11.3 Å². The van der Waals surface area contributed by atoms with Crippen LogP contribution in [0.1, 0.15) is 29.2 Å². The second-order valence-electron chi connectivity index (χ2n) is 7.19. The third-order valence-electron chi connectivity index (χ3n) is 5.41. The van der Waals surface area contributed by atoms with Gasteiger partial charge in [-0.3, -0.25) is 10.1 Å². The molecule has 3 N–H and O–H groups in total. The molecule has 1 saturated carbocycles. The third kappa shape index (κ3) is 3.00. The average Bonchev–Trinajstić information content (AvgIpc) is 3.52. The van der Waals surface area contributed by atoms with Crippen LogP contribution in [-0.4, -0.2) is 55.6 Å². The summed E-state index contributed by atoms with van der Waals surface area (Å²) >= 11 is 0. The summed E-state index contributed by atoms with van der Waals surface area (Å²) in [5.74, 6) is -1.64. The van der Waals surface area contributed by atoms with Crippen LogP contribution in [0.4, 0.5) is 10.1 Å². The zero-order chi connectivity index (χ0) is 20.0. The number of ether oxygens (including phenoxy) is 1. The third-order valence-corrected chi connectivity index (χ3v) is 5.41. The molecule has 1 atom stereocenters. The SMILES string of the molecule is CN[C@H]1CN(c2c(F)cc3c(=O)c(C(=O)O)cn(C4CC4)c3c2OC)CCN1. The average molecular weight is 390 g/mol. The Morgan fingerprint density at radius 2 is 2.18 bits per heavy atom. The number of carbonyl (C=O) groups is 1. The molecule has 0 spiro atoms. The van der Waals surface area contributed by atoms with Crippen molar-refractivity contribution in [1.29, 1.82) is 0 Å². The van der Waals surface area contributed by atoms with Crippen LogP contribution < -0.4 is 25.7 Å². The minimum Gasteiger partial charge on any atom is -0.492 e. The van der Waals surface area contributed by atoms with Gasteiger partial charge in [-0.25, -0.2) is 9.18 Å². The fourth-order valence-electron chi connectivity index (χ4n) is 3.87. The molecule has 2 aromatic rings. The molecule has 2 heterocycles. The molecule has 9 heteroatoms. The van der Waals surface area contributed by atoms with Crippen molar-refractivity contribution in [2.24, 2.45) is 0 Å². The number of hydrogen-bond donors (Lipinski definition) is 3. The van der Waals surface area contributed by atoms with E-state index in [0.29, 0.717) is 30.8 Å². The monoisotopic (exact) mass is 390 g/mol. The Morgan fingerprint density at radius 1 is 1.43 bits per heavy atom. The molecule has 1 aliphatic heterocycles. The molecular formula is C19H23FN4O4. The lowest BCUT2D eigenvalue weighted by Crippen LogP contribution is -2.56. The second kappa shape index (κ2) is 7.06. The van der Waals surface area contributed by atoms with Crippen LogP contribution in [0.5, 0.6) is 5.75 Å². The van der Waals surface area contributed by atoms with Crippen molar-refractivity contribution in [2.45, 2.75) is 25.0 Å². The number of piperazine rings is 1. The standard InChI is InChI=1S/C19H23FN4O4/c1-21-14-9-23(6-5-22-14)16-13(20)7-11-15(18(16)28-2)24(10-3-4-10)8-12(17(11)25)19(26)27/h7-8,10,14,21-22H,3-6,9H2,1-2H3,(H,26,27)/t14-/m1/s1. The number of nitrogens with one attached hydrogen (secondary N) is 2. The Morgan fingerprint density at radius 3 is 2.79 bits per heavy atom. The molecule has 2 aliphatic rings. The van der Waals surface area contributed by atoms with Crippen LogP contribution >= 0.6 is 0 Å². The second-order valence-corrected chi connectivity index (χ2v) is 7.19. The van der Waals surface area contributed by atoms with Gasteiger partial charge < -0.3 is 24.6 Å². The zero-order valence-electron chi connectivity index (χ0n) is 15.8. The summed E-state index contributed by atoms with van der Waals surface area (Å²) in [6.45, 7) is 1.77. The van der Waals surface area contributed by atoms with E-state index in [0.717, 1.165) is 18.9 Å². The highest BCUT2D eigenvalue weighted by Gasteiger charge is 2.32. The van der Waals surface area contributed by atoms with Crippen LogP contribution in [0.3, 0.4) is 0 Å². The highest BCUT2D eigenvalue weighted by atomic mass is 19.1. The lowest BCUT2D eigenvalue weighted by Gasteiger charge is -2.36. The van der Waals surface area contributed by atoms with Crippen molar-refractivity contribution in [3.8, 4) is 5.75 Å². The molecule has 1 aromatic carbocycles. The van der Waals surface area contributed by atoms with Gasteiger partial charge in [-0.2, -0.15) is 0 Å². The molecule has 1 aliphatic carbocycles. The van der Waals surface area contributed by atoms with Gasteiger partial charge in [-0.05, 0) is 26.0 Å². The summed E-state index contributed by atoms with van der Waals surface area (Å²) < 4.78 is 22.6. The molecule has 4 rings (SSSR count). The quantitative estimate of drug-likeness (QED) is 0.705. The fraction of sp³-hybridized carbons (Fsp3) is 0.474. The van der Waals surface area contributed by atoms with Gasteiger partial charge in [0.25, 0.3) is 0 Å². The summed E-state index contributed by atoms with van der Waals surface area (Å²) in [5.41, 5.74) is -0.299. The Bertz CT molecular complexity index is 1000. The number of aromatic carboxylic acids is 1. The van der Waals surface area contributed by atoms with Crippen LogP contribution in [0.2, 0.25) is 0 Å². The van der Waals surface area contributed by atoms with E-state index in [9.17, 15) is 14.7 Å². The number of carboxylic acid groups (broad SMARTS) is 1. The number of rotatable bonds is 5. The van der Waals surface area contributed by atoms with E-state index < -0.39 is 17.2 Å². The Labute approximate surface area is 160 Å². The molecule has 0 radical (unpaired) electrons. The largest absolute Gasteiger partial charge is 0.492 e. The molecule has 0 bridgehead atoms. The van der Waals surface area contributed by atoms with E-state index in [2.05, 4.69) is 10.6 Å². The van der Waals surface area contributed by atoms with Crippen LogP contribution in [0.15, 0.2) is 17.1 Å². The van der Waals surface area contributed by atoms with E-state index >= 15 is 4.39 Å². The molecule has 0 unspecified atom stereocenters. The molecular weight excluding hydrogens is 367 g/mol. The number of anilines is 1. The topological polar surface area (TPSA) is 95.8 Å². The summed E-state index contributed by atoms with van der Waals surface area (Å²) in [5, 5.41) is 15.9. The number of hydrogen-bond acceptors (Lipinski definition) is 6. The minimum atomic E-state index is -1.32. The van der Waals surface area contributed by atoms with Crippen molar-refractivity contribution in [2.75, 3.05) is 38.7 Å². The van der Waals surface area contributed by atoms with Crippen molar-refractivity contribution >= 4 is 22.6 Å². The van der Waals surface area contributed by atoms with Crippen LogP contribution in [-0.2, 0) is 0 Å². The molecule has 1 saturated heterocycles. The summed E-state index contributed by atoms with van der Waals surface area (Å²) in [7, 11) is 3.27. The van der Waals surface area contributed by atoms with E-state index in [-0.39, 0.29) is 28.9 Å². The van der Waals surface area contributed by atoms with Gasteiger partial charge in [0.05, 0.1) is 24.2 Å². The van der Waals surface area contributed by atoms with E-state index in [1.54, 1.807) is 4.57 Å². The molecule has 28 heavy (non-hydrogen) atoms. The Balaban J connectivity index is 1.99. The number of methoxy groups -OCH3 is 1. The Kier molecular flexibility index (Phi) is 4.72. The van der Waals surface area contributed by atoms with Gasteiger partial charge in [0.2, 0.25) is 5.43 Å². The maximum absolute atomic E-state index is 15.2. The van der Waals surface area contributed by atoms with Gasteiger partial charge in [-0.15, -0.1) is 0 Å². The summed E-state index contributed by atoms with van der Waals surface area (Å²) in [6, 6.07) is 1.23. The number of likely N-dealkylation sites (N-methyl/N-ethyl adjacent to an activating group) is 1. The van der Waals surface area contributed by atoms with E-state index in [1.165, 1.54) is 13.3 Å². The van der Waals surface area contributed by atoms with E-state index in [1.807, 2.05) is 11.9 Å². The molecule has 1 aromatic heterocycles. The predicted molar refractivity (Wildman–Crippen MR) is 103 cm³/mol. The lowest BCUT2D eigenvalue weighted by molar-refractivity contribution is 0.0695. The zero-order valence-corrected chi connectivity index (χ0v) is 15.8. The molecule has 0 amide bonds. The smallest absolute Gasteiger partial charge is 0.341 e. The summed E-state index contributed by atoms with van der Waals surface area (Å²) in [6.07, 6.45) is 3.11. The number of benzene rings is 1. The van der Waals surface area contributed by atoms with Crippen LogP contribution in [0, 0.1) is 5.82 Å². The highest BCUT2D eigenvalue weighted by Crippen LogP contribution is 2.43. The minimum absolute atomic E-state index is 0.00596. The lowest BCUT2D eigenvalue weighted by atomic mass is 10.1. The van der Waals surface area contributed by atoms with Gasteiger partial charge in [0, 0.05) is 31.9 Å². The number of pyridine rings is 1. The van der Waals surface area contributed by atoms with Crippen molar-refractivity contribution < 1.29 is 19.0 Å². The number of halogens is 1. The first-order valence-electron chi connectivity index (χ1n) is 9.30. The Hall–Kier alpha value is -2.65. The number of carboxylic acids is 1. The maximum Gasteiger partial charge on any atom is 0.341 e. The number of fused-ring (bicyclic) bond motifs is 1. The first kappa shape index (κ1) is 18.7. The van der Waals surface area contributed by atoms with Crippen LogP contribution in [0.25, 0.3) is 10.9 Å². The predicted octanol–water partition coefficient (Wildman–Crippen LogP) is 1.14. The fourth-order valence-corrected chi connectivity index (χ4v) is 3.87. The molecule has 2 fully saturated rings. The summed E-state index contributed by atoms with van der Waals surface area (Å²) in [4.78, 5) is 26.1. The molecule has 150 valence electrons. The van der Waals surface area contributed by atoms with Gasteiger partial charge >= 0.3 is 5.97 Å². The maximum atomic E-state index is 15.2. The van der Waals surface area contributed by atoms with Gasteiger partial charge in [-0.1, -0.05) is 0 Å². The number of nitrogens with zero attached hydrogens (tertiary/aromatic N) is 2. The van der Waals surface area contributed by atoms with Crippen molar-refractivity contribution in [3.63, 3.8) is 0 Å². The van der Waals surface area contributed by atoms with Gasteiger partial charge in [0.15, 0.2) is 11.6 Å². The van der Waals surface area contributed by atoms with Crippen molar-refractivity contribution in [1.82, 2.24) is 15.2 Å². The first-order chi connectivity index (χ1) is 13.5. The van der Waals surface area contributed by atoms with Crippen molar-refractivity contribution in [3.05, 3.63) is 33.9 Å². The highest BCUT2D eigenvalue weighted by molar-refractivity contribution is 5.97. The first-order valence-corrected chi connectivity index (χ1v) is 9.30. The normalized spacial score (nSPS) is 19.8. The number of aromatic nitrogens is 1. The van der Waals surface area contributed by atoms with E-state index in [4.69, 9.17) is 4.74 Å². The molecule has 8 nitrogen and oxygen atoms in total.